The summed E-state index contributed by atoms with van der Waals surface area (Å²) in [6, 6.07) is 40.8. The SMILES string of the molecule is C/C=C/c1ccc(C2=C3C(=O)N(C)C(c4ccc(C(C=C5COCC5=CCC)=C([C]#[Os])[P+](c5ccccc5)(c5ccccc5)c5ccccc5)s4)=C3C(=O)N2C)s1. The molecule has 5 aromatic rings. The monoisotopic (exact) mass is 980 g/mol. The Morgan fingerprint density at radius 2 is 1.25 bits per heavy atom. The summed E-state index contributed by atoms with van der Waals surface area (Å²) < 4.78 is 9.94. The summed E-state index contributed by atoms with van der Waals surface area (Å²) in [5, 5.41) is 4.82. The van der Waals surface area contributed by atoms with Crippen molar-refractivity contribution < 1.29 is 32.3 Å². The number of carbonyl (C=O) groups is 2. The quantitative estimate of drug-likeness (QED) is 0.131. The van der Waals surface area contributed by atoms with Crippen LogP contribution in [-0.2, 0) is 32.3 Å². The van der Waals surface area contributed by atoms with Crippen molar-refractivity contribution in [3.05, 3.63) is 181 Å². The van der Waals surface area contributed by atoms with Crippen LogP contribution in [0.25, 0.3) is 23.0 Å². The molecule has 57 heavy (non-hydrogen) atoms. The predicted molar refractivity (Wildman–Crippen MR) is 236 cm³/mol. The van der Waals surface area contributed by atoms with Gasteiger partial charge in [0.2, 0.25) is 0 Å². The van der Waals surface area contributed by atoms with Crippen LogP contribution in [0, 0.1) is 4.37 Å². The van der Waals surface area contributed by atoms with Crippen LogP contribution in [0.4, 0.5) is 0 Å². The molecule has 0 aliphatic carbocycles. The summed E-state index contributed by atoms with van der Waals surface area (Å²) in [7, 11) is 0.989. The molecule has 0 saturated carbocycles. The van der Waals surface area contributed by atoms with Crippen molar-refractivity contribution in [3.8, 4) is 4.37 Å². The average Bonchev–Trinajstić information content (AvgIpc) is 4.09. The normalized spacial score (nSPS) is 17.8. The Balaban J connectivity index is 1.41. The van der Waals surface area contributed by atoms with E-state index < -0.39 is 7.26 Å². The molecule has 0 unspecified atom stereocenters. The molecule has 285 valence electrons. The number of likely N-dealkylation sites (N-methyl/N-ethyl adjacent to an activating group) is 2. The van der Waals surface area contributed by atoms with E-state index in [0.29, 0.717) is 35.8 Å². The minimum atomic E-state index is -2.57. The van der Waals surface area contributed by atoms with Gasteiger partial charge < -0.3 is 0 Å². The van der Waals surface area contributed by atoms with Crippen LogP contribution >= 0.6 is 29.9 Å². The van der Waals surface area contributed by atoms with Crippen molar-refractivity contribution in [1.29, 1.82) is 0 Å². The Morgan fingerprint density at radius 1 is 0.737 bits per heavy atom. The van der Waals surface area contributed by atoms with Gasteiger partial charge in [0.05, 0.1) is 0 Å². The van der Waals surface area contributed by atoms with E-state index in [9.17, 15) is 9.59 Å². The number of allylic oxidation sites excluding steroid dienone is 5. The van der Waals surface area contributed by atoms with Crippen molar-refractivity contribution in [1.82, 2.24) is 9.80 Å². The van der Waals surface area contributed by atoms with Gasteiger partial charge in [-0.1, -0.05) is 6.08 Å². The summed E-state index contributed by atoms with van der Waals surface area (Å²) in [4.78, 5) is 35.6. The number of amides is 2. The van der Waals surface area contributed by atoms with Crippen LogP contribution in [-0.4, -0.2) is 48.9 Å². The first-order valence-electron chi connectivity index (χ1n) is 18.9. The molecule has 0 spiro atoms. The fourth-order valence-corrected chi connectivity index (χ4v) is 16.1. The molecule has 3 aromatic carbocycles. The van der Waals surface area contributed by atoms with Crippen LogP contribution in [0.3, 0.4) is 0 Å². The molecule has 0 bridgehead atoms. The van der Waals surface area contributed by atoms with Gasteiger partial charge in [-0.25, -0.2) is 0 Å². The molecule has 1 saturated heterocycles. The second-order valence-corrected chi connectivity index (χ2v) is 20.0. The molecule has 0 radical (unpaired) electrons. The van der Waals surface area contributed by atoms with Gasteiger partial charge in [0, 0.05) is 4.88 Å². The third-order valence-electron chi connectivity index (χ3n) is 10.5. The number of rotatable bonds is 10. The number of benzene rings is 3. The molecule has 3 aliphatic rings. The zero-order valence-corrected chi connectivity index (χ0v) is 37.2. The first-order valence-corrected chi connectivity index (χ1v) is 23.5. The molecule has 2 aromatic heterocycles. The molecule has 8 rings (SSSR count). The third-order valence-corrected chi connectivity index (χ3v) is 18.1. The second-order valence-electron chi connectivity index (χ2n) is 13.9. The molecular weight excluding hydrogens is 938 g/mol. The van der Waals surface area contributed by atoms with E-state index in [1.165, 1.54) is 21.5 Å². The fraction of sp³-hybridized carbons (Fsp3) is 0.146. The summed E-state index contributed by atoms with van der Waals surface area (Å²) in [6.07, 6.45) is 9.53. The van der Waals surface area contributed by atoms with Crippen molar-refractivity contribution in [2.45, 2.75) is 20.3 Å². The van der Waals surface area contributed by atoms with Gasteiger partial charge in [-0.2, -0.15) is 0 Å². The number of carbonyl (C=O) groups excluding carboxylic acids is 2. The molecule has 9 heteroatoms. The molecule has 2 amide bonds. The Bertz CT molecular complexity index is 2530. The summed E-state index contributed by atoms with van der Waals surface area (Å²) in [6.45, 7) is 5.23. The fourth-order valence-electron chi connectivity index (χ4n) is 7.98. The standard InChI is InChI=1S/C48H41N2O3PS2.Os/c1-6-17-33-30-53-31-34(33)29-39(32(3)54(35-19-11-8-12-20-35,36-21-13-9-14-22-36)37-23-15-10-16-24-37)40-27-28-42(56-40)46-44-43(47(51)50(46)5)45(49(4)48(44)52)41-26-25-38(55-41)18-7-2;/h7-29H,6,30-31H2,1-2,4-5H3;/q+1;/b18-7+,33-17?,34-29?,39-32?;. The van der Waals surface area contributed by atoms with E-state index >= 15 is 0 Å². The number of fused-ring (bicyclic) bond motifs is 1. The Morgan fingerprint density at radius 3 is 1.75 bits per heavy atom. The van der Waals surface area contributed by atoms with Crippen molar-refractivity contribution in [3.63, 3.8) is 0 Å². The number of hydrogen-bond acceptors (Lipinski definition) is 5. The van der Waals surface area contributed by atoms with Crippen molar-refractivity contribution >= 4 is 80.7 Å². The topological polar surface area (TPSA) is 49.9 Å². The van der Waals surface area contributed by atoms with E-state index in [4.69, 9.17) is 4.74 Å². The van der Waals surface area contributed by atoms with Crippen molar-refractivity contribution in [2.24, 2.45) is 0 Å². The van der Waals surface area contributed by atoms with E-state index in [0.717, 1.165) is 42.4 Å². The average molecular weight is 979 g/mol. The van der Waals surface area contributed by atoms with Gasteiger partial charge in [0.25, 0.3) is 0 Å². The Hall–Kier alpha value is -4.75. The van der Waals surface area contributed by atoms with E-state index in [2.05, 4.69) is 127 Å². The third kappa shape index (κ3) is 6.79. The summed E-state index contributed by atoms with van der Waals surface area (Å²) in [5.41, 5.74) is 5.66. The summed E-state index contributed by atoms with van der Waals surface area (Å²) >= 11 is 4.96. The van der Waals surface area contributed by atoms with Gasteiger partial charge in [-0.3, -0.25) is 0 Å². The number of nitrogens with zero attached hydrogens (tertiary/aromatic N) is 2. The van der Waals surface area contributed by atoms with E-state index in [1.54, 1.807) is 64.5 Å². The van der Waals surface area contributed by atoms with Gasteiger partial charge in [-0.05, 0) is 19.1 Å². The first-order chi connectivity index (χ1) is 27.8. The van der Waals surface area contributed by atoms with Gasteiger partial charge in [0.1, 0.15) is 0 Å². The maximum absolute atomic E-state index is 14.2. The van der Waals surface area contributed by atoms with Crippen LogP contribution < -0.4 is 15.9 Å². The van der Waals surface area contributed by atoms with Crippen LogP contribution in [0.2, 0.25) is 0 Å². The molecule has 5 nitrogen and oxygen atoms in total. The Kier molecular flexibility index (Phi) is 11.4. The van der Waals surface area contributed by atoms with Crippen LogP contribution in [0.15, 0.2) is 161 Å². The first kappa shape index (κ1) is 39.1. The molecular formula is C48H41N2O3OsPS2+. The molecule has 0 atom stereocenters. The minimum absolute atomic E-state index is 0.168. The number of ether oxygens (including phenoxy) is 1. The van der Waals surface area contributed by atoms with Gasteiger partial charge in [-0.15, -0.1) is 0 Å². The van der Waals surface area contributed by atoms with Crippen molar-refractivity contribution in [2.75, 3.05) is 27.3 Å². The Labute approximate surface area is 353 Å². The zero-order chi connectivity index (χ0) is 39.7. The molecule has 5 heterocycles. The van der Waals surface area contributed by atoms with Gasteiger partial charge >= 0.3 is 325 Å². The zero-order valence-electron chi connectivity index (χ0n) is 32.1. The van der Waals surface area contributed by atoms with Crippen LogP contribution in [0.1, 0.15) is 39.8 Å². The van der Waals surface area contributed by atoms with E-state index in [-0.39, 0.29) is 11.8 Å². The summed E-state index contributed by atoms with van der Waals surface area (Å²) in [5.74, 6) is -0.337. The molecule has 1 fully saturated rings. The number of thiophene rings is 2. The number of hydrogen-bond donors (Lipinski definition) is 0. The maximum atomic E-state index is 14.2. The second kappa shape index (κ2) is 16.6. The van der Waals surface area contributed by atoms with E-state index in [1.807, 2.05) is 31.2 Å². The molecule has 0 N–H and O–H groups in total. The predicted octanol–water partition coefficient (Wildman–Crippen LogP) is 9.41. The molecule has 3 aliphatic heterocycles. The van der Waals surface area contributed by atoms with Gasteiger partial charge in [0.15, 0.2) is 0 Å². The van der Waals surface area contributed by atoms with Crippen LogP contribution in [0.5, 0.6) is 0 Å².